The van der Waals surface area contributed by atoms with E-state index < -0.39 is 0 Å². The first-order valence-corrected chi connectivity index (χ1v) is 7.74. The first kappa shape index (κ1) is 17.7. The van der Waals surface area contributed by atoms with Crippen molar-refractivity contribution in [1.82, 2.24) is 24.8 Å². The van der Waals surface area contributed by atoms with E-state index in [1.165, 1.54) is 0 Å². The smallest absolute Gasteiger partial charge is 0.290 e. The summed E-state index contributed by atoms with van der Waals surface area (Å²) in [6, 6.07) is 2.62. The number of aryl methyl sites for hydroxylation is 1. The molecule has 0 radical (unpaired) electrons. The van der Waals surface area contributed by atoms with Crippen LogP contribution < -0.4 is 5.32 Å². The van der Waals surface area contributed by atoms with Crippen molar-refractivity contribution in [1.29, 1.82) is 0 Å². The van der Waals surface area contributed by atoms with Crippen LogP contribution in [0.5, 0.6) is 0 Å². The number of hydrogen-bond donors (Lipinski definition) is 2. The molecule has 2 N–H and O–H groups in total. The third-order valence-corrected chi connectivity index (χ3v) is 3.74. The molecule has 0 aliphatic carbocycles. The van der Waals surface area contributed by atoms with Crippen LogP contribution in [0.1, 0.15) is 31.3 Å². The number of carbonyl (C=O) groups is 1. The summed E-state index contributed by atoms with van der Waals surface area (Å²) < 4.78 is 0. The molecular formula is C16H22N6O2. The number of nitrogens with one attached hydrogen (secondary N) is 1. The fourth-order valence-electron chi connectivity index (χ4n) is 2.48. The zero-order valence-electron chi connectivity index (χ0n) is 14.0. The van der Waals surface area contributed by atoms with E-state index >= 15 is 0 Å². The summed E-state index contributed by atoms with van der Waals surface area (Å²) in [7, 11) is 0. The van der Waals surface area contributed by atoms with E-state index in [4.69, 9.17) is 9.90 Å². The van der Waals surface area contributed by atoms with Crippen LogP contribution in [0.2, 0.25) is 0 Å². The molecule has 3 heterocycles. The minimum absolute atomic E-state index is 0.250. The second kappa shape index (κ2) is 8.30. The maximum Gasteiger partial charge on any atom is 0.290 e. The molecule has 8 heteroatoms. The Labute approximate surface area is 141 Å². The van der Waals surface area contributed by atoms with Crippen molar-refractivity contribution in [3.8, 4) is 0 Å². The van der Waals surface area contributed by atoms with E-state index in [9.17, 15) is 0 Å². The van der Waals surface area contributed by atoms with Gasteiger partial charge in [-0.15, -0.1) is 0 Å². The maximum absolute atomic E-state index is 8.36. The average molecular weight is 330 g/mol. The zero-order chi connectivity index (χ0) is 17.5. The Hall–Kier alpha value is -2.61. The van der Waals surface area contributed by atoms with Crippen molar-refractivity contribution >= 4 is 18.1 Å². The molecule has 2 aromatic heterocycles. The fourth-order valence-corrected chi connectivity index (χ4v) is 2.48. The first-order valence-electron chi connectivity index (χ1n) is 7.74. The SMILES string of the molecule is Cc1nc(Nc2cnccn2)cc(C2CN(C(C)C)C2)n1.O=CO. The van der Waals surface area contributed by atoms with Crippen molar-refractivity contribution in [3.63, 3.8) is 0 Å². The van der Waals surface area contributed by atoms with Crippen LogP contribution in [0.15, 0.2) is 24.7 Å². The summed E-state index contributed by atoms with van der Waals surface area (Å²) in [6.07, 6.45) is 4.99. The number of rotatable bonds is 4. The van der Waals surface area contributed by atoms with Crippen molar-refractivity contribution in [2.75, 3.05) is 18.4 Å². The largest absolute Gasteiger partial charge is 0.483 e. The van der Waals surface area contributed by atoms with Crippen molar-refractivity contribution in [2.45, 2.75) is 32.7 Å². The lowest BCUT2D eigenvalue weighted by molar-refractivity contribution is -0.122. The van der Waals surface area contributed by atoms with Gasteiger partial charge in [0, 0.05) is 43.5 Å². The summed E-state index contributed by atoms with van der Waals surface area (Å²) in [5, 5.41) is 10.1. The number of aromatic nitrogens is 4. The molecule has 0 amide bonds. The van der Waals surface area contributed by atoms with Crippen LogP contribution in [0.3, 0.4) is 0 Å². The predicted molar refractivity (Wildman–Crippen MR) is 90.2 cm³/mol. The highest BCUT2D eigenvalue weighted by Crippen LogP contribution is 2.28. The zero-order valence-corrected chi connectivity index (χ0v) is 14.0. The lowest BCUT2D eigenvalue weighted by Gasteiger charge is -2.41. The van der Waals surface area contributed by atoms with E-state index in [-0.39, 0.29) is 6.47 Å². The molecule has 0 aromatic carbocycles. The lowest BCUT2D eigenvalue weighted by atomic mass is 9.94. The molecule has 2 aromatic rings. The number of hydrogen-bond acceptors (Lipinski definition) is 7. The van der Waals surface area contributed by atoms with Crippen LogP contribution in [0, 0.1) is 6.92 Å². The summed E-state index contributed by atoms with van der Waals surface area (Å²) >= 11 is 0. The molecule has 0 saturated carbocycles. The highest BCUT2D eigenvalue weighted by Gasteiger charge is 2.31. The van der Waals surface area contributed by atoms with Gasteiger partial charge in [-0.05, 0) is 20.8 Å². The third kappa shape index (κ3) is 4.69. The third-order valence-electron chi connectivity index (χ3n) is 3.74. The molecule has 0 spiro atoms. The number of likely N-dealkylation sites (tertiary alicyclic amines) is 1. The van der Waals surface area contributed by atoms with Gasteiger partial charge in [-0.25, -0.2) is 15.0 Å². The van der Waals surface area contributed by atoms with Crippen molar-refractivity contribution in [2.24, 2.45) is 0 Å². The lowest BCUT2D eigenvalue weighted by Crippen LogP contribution is -2.48. The van der Waals surface area contributed by atoms with Gasteiger partial charge in [0.1, 0.15) is 17.5 Å². The van der Waals surface area contributed by atoms with E-state index in [0.29, 0.717) is 17.8 Å². The Bertz CT molecular complexity index is 659. The van der Waals surface area contributed by atoms with E-state index in [1.807, 2.05) is 13.0 Å². The minimum atomic E-state index is -0.250. The summed E-state index contributed by atoms with van der Waals surface area (Å²) in [5.41, 5.74) is 1.10. The molecule has 1 aliphatic rings. The van der Waals surface area contributed by atoms with Gasteiger partial charge in [-0.2, -0.15) is 0 Å². The Morgan fingerprint density at radius 3 is 2.58 bits per heavy atom. The van der Waals surface area contributed by atoms with Gasteiger partial charge in [-0.3, -0.25) is 14.7 Å². The summed E-state index contributed by atoms with van der Waals surface area (Å²) in [5.74, 6) is 2.75. The topological polar surface area (TPSA) is 104 Å². The van der Waals surface area contributed by atoms with Crippen LogP contribution in [-0.4, -0.2) is 55.5 Å². The highest BCUT2D eigenvalue weighted by molar-refractivity contribution is 5.50. The molecule has 0 bridgehead atoms. The standard InChI is InChI=1S/C15H20N6.CH2O2/c1-10(2)21-8-12(9-21)13-6-14(19-11(3)18-13)20-15-7-16-4-5-17-15;2-1-3/h4-7,10,12H,8-9H2,1-3H3,(H,17,18,19,20);1H,(H,2,3). The normalized spacial score (nSPS) is 14.5. The van der Waals surface area contributed by atoms with Crippen LogP contribution in [0.4, 0.5) is 11.6 Å². The predicted octanol–water partition coefficient (Wildman–Crippen LogP) is 1.83. The van der Waals surface area contributed by atoms with Crippen LogP contribution >= 0.6 is 0 Å². The fraction of sp³-hybridized carbons (Fsp3) is 0.438. The monoisotopic (exact) mass is 330 g/mol. The Kier molecular flexibility index (Phi) is 6.14. The molecule has 128 valence electrons. The van der Waals surface area contributed by atoms with Crippen molar-refractivity contribution < 1.29 is 9.90 Å². The molecule has 1 aliphatic heterocycles. The second-order valence-corrected chi connectivity index (χ2v) is 5.79. The average Bonchev–Trinajstić information content (AvgIpc) is 2.46. The summed E-state index contributed by atoms with van der Waals surface area (Å²) in [4.78, 5) is 28.0. The maximum atomic E-state index is 8.36. The summed E-state index contributed by atoms with van der Waals surface area (Å²) in [6.45, 7) is 8.26. The molecule has 0 unspecified atom stereocenters. The molecule has 0 atom stereocenters. The quantitative estimate of drug-likeness (QED) is 0.818. The first-order chi connectivity index (χ1) is 11.5. The van der Waals surface area contributed by atoms with Gasteiger partial charge < -0.3 is 10.4 Å². The van der Waals surface area contributed by atoms with E-state index in [1.54, 1.807) is 18.6 Å². The van der Waals surface area contributed by atoms with Crippen molar-refractivity contribution in [3.05, 3.63) is 36.2 Å². The molecular weight excluding hydrogens is 308 g/mol. The molecule has 24 heavy (non-hydrogen) atoms. The molecule has 1 saturated heterocycles. The van der Waals surface area contributed by atoms with Crippen LogP contribution in [0.25, 0.3) is 0 Å². The van der Waals surface area contributed by atoms with Gasteiger partial charge >= 0.3 is 0 Å². The van der Waals surface area contributed by atoms with Crippen LogP contribution in [-0.2, 0) is 4.79 Å². The Balaban J connectivity index is 0.000000647. The molecule has 3 rings (SSSR count). The second-order valence-electron chi connectivity index (χ2n) is 5.79. The molecule has 8 nitrogen and oxygen atoms in total. The Morgan fingerprint density at radius 2 is 2.00 bits per heavy atom. The highest BCUT2D eigenvalue weighted by atomic mass is 16.3. The van der Waals surface area contributed by atoms with E-state index in [2.05, 4.69) is 44.0 Å². The number of carboxylic acid groups (broad SMARTS) is 1. The van der Waals surface area contributed by atoms with Gasteiger partial charge in [0.25, 0.3) is 6.47 Å². The minimum Gasteiger partial charge on any atom is -0.483 e. The van der Waals surface area contributed by atoms with Gasteiger partial charge in [-0.1, -0.05) is 0 Å². The van der Waals surface area contributed by atoms with E-state index in [0.717, 1.165) is 30.4 Å². The number of nitrogens with zero attached hydrogens (tertiary/aromatic N) is 5. The molecule has 1 fully saturated rings. The Morgan fingerprint density at radius 1 is 1.29 bits per heavy atom. The van der Waals surface area contributed by atoms with Gasteiger partial charge in [0.15, 0.2) is 0 Å². The van der Waals surface area contributed by atoms with Gasteiger partial charge in [0.05, 0.1) is 11.9 Å². The van der Waals surface area contributed by atoms with Gasteiger partial charge in [0.2, 0.25) is 0 Å². The number of anilines is 2.